The van der Waals surface area contributed by atoms with Crippen molar-refractivity contribution in [1.82, 2.24) is 4.90 Å². The maximum atomic E-state index is 5.69. The largest absolute Gasteiger partial charge is 0.330 e. The van der Waals surface area contributed by atoms with Gasteiger partial charge in [0.15, 0.2) is 0 Å². The lowest BCUT2D eigenvalue weighted by molar-refractivity contribution is 0.298. The second-order valence-corrected chi connectivity index (χ2v) is 6.66. The van der Waals surface area contributed by atoms with Crippen LogP contribution in [0, 0.1) is 5.92 Å². The van der Waals surface area contributed by atoms with Crippen LogP contribution in [0.5, 0.6) is 0 Å². The number of nitrogens with zero attached hydrogens (tertiary/aromatic N) is 1. The molecule has 1 unspecified atom stereocenters. The molecule has 0 aliphatic carbocycles. The molecule has 0 spiro atoms. The third-order valence-corrected chi connectivity index (χ3v) is 4.26. The molecule has 0 amide bonds. The summed E-state index contributed by atoms with van der Waals surface area (Å²) < 4.78 is 1.16. The molecular formula is C17H29BrN2. The predicted octanol–water partition coefficient (Wildman–Crippen LogP) is 4.43. The van der Waals surface area contributed by atoms with Crippen LogP contribution in [0.3, 0.4) is 0 Å². The lowest BCUT2D eigenvalue weighted by Gasteiger charge is -2.19. The van der Waals surface area contributed by atoms with Crippen LogP contribution in [0.2, 0.25) is 0 Å². The van der Waals surface area contributed by atoms with Gasteiger partial charge in [0.2, 0.25) is 0 Å². The van der Waals surface area contributed by atoms with Crippen molar-refractivity contribution in [2.75, 3.05) is 20.1 Å². The fourth-order valence-corrected chi connectivity index (χ4v) is 3.20. The van der Waals surface area contributed by atoms with Gasteiger partial charge in [0.25, 0.3) is 0 Å². The molecule has 2 nitrogen and oxygen atoms in total. The molecule has 0 saturated carbocycles. The number of hydrogen-bond donors (Lipinski definition) is 1. The zero-order valence-electron chi connectivity index (χ0n) is 12.9. The molecule has 2 N–H and O–H groups in total. The Morgan fingerprint density at radius 1 is 1.25 bits per heavy atom. The maximum Gasteiger partial charge on any atom is 0.0231 e. The highest BCUT2D eigenvalue weighted by Gasteiger charge is 2.07. The fourth-order valence-electron chi connectivity index (χ4n) is 2.75. The van der Waals surface area contributed by atoms with Gasteiger partial charge >= 0.3 is 0 Å². The first-order chi connectivity index (χ1) is 9.65. The monoisotopic (exact) mass is 340 g/mol. The minimum absolute atomic E-state index is 0.823. The topological polar surface area (TPSA) is 29.3 Å². The van der Waals surface area contributed by atoms with Crippen molar-refractivity contribution in [3.63, 3.8) is 0 Å². The van der Waals surface area contributed by atoms with Gasteiger partial charge in [-0.25, -0.2) is 0 Å². The highest BCUT2D eigenvalue weighted by molar-refractivity contribution is 9.10. The van der Waals surface area contributed by atoms with Gasteiger partial charge in [-0.3, -0.25) is 0 Å². The molecule has 0 saturated heterocycles. The Morgan fingerprint density at radius 2 is 2.05 bits per heavy atom. The SMILES string of the molecule is CCCC(CCN)CCCN(C)Cc1cccc(Br)c1. The minimum atomic E-state index is 0.823. The Hall–Kier alpha value is -0.380. The molecule has 0 bridgehead atoms. The first kappa shape index (κ1) is 17.7. The highest BCUT2D eigenvalue weighted by Crippen LogP contribution is 2.18. The highest BCUT2D eigenvalue weighted by atomic mass is 79.9. The van der Waals surface area contributed by atoms with E-state index in [1.807, 2.05) is 0 Å². The van der Waals surface area contributed by atoms with Crippen LogP contribution in [-0.2, 0) is 6.54 Å². The summed E-state index contributed by atoms with van der Waals surface area (Å²) in [5.41, 5.74) is 7.06. The van der Waals surface area contributed by atoms with Crippen molar-refractivity contribution in [1.29, 1.82) is 0 Å². The molecule has 0 aliphatic heterocycles. The van der Waals surface area contributed by atoms with Gasteiger partial charge < -0.3 is 10.6 Å². The Morgan fingerprint density at radius 3 is 2.70 bits per heavy atom. The maximum absolute atomic E-state index is 5.69. The van der Waals surface area contributed by atoms with Crippen molar-refractivity contribution < 1.29 is 0 Å². The fraction of sp³-hybridized carbons (Fsp3) is 0.647. The number of hydrogen-bond acceptors (Lipinski definition) is 2. The van der Waals surface area contributed by atoms with Crippen molar-refractivity contribution in [3.05, 3.63) is 34.3 Å². The van der Waals surface area contributed by atoms with Gasteiger partial charge in [0, 0.05) is 11.0 Å². The van der Waals surface area contributed by atoms with E-state index in [1.54, 1.807) is 0 Å². The molecule has 0 aromatic heterocycles. The van der Waals surface area contributed by atoms with Crippen LogP contribution in [0.25, 0.3) is 0 Å². The average Bonchev–Trinajstić information content (AvgIpc) is 2.39. The molecule has 0 heterocycles. The average molecular weight is 341 g/mol. The van der Waals surface area contributed by atoms with Gasteiger partial charge in [-0.2, -0.15) is 0 Å². The van der Waals surface area contributed by atoms with Crippen LogP contribution in [0.1, 0.15) is 44.6 Å². The Labute approximate surface area is 132 Å². The lowest BCUT2D eigenvalue weighted by atomic mass is 9.94. The normalized spacial score (nSPS) is 12.8. The molecule has 1 aromatic rings. The van der Waals surface area contributed by atoms with Crippen LogP contribution in [-0.4, -0.2) is 25.0 Å². The Kier molecular flexibility index (Phi) is 9.16. The summed E-state index contributed by atoms with van der Waals surface area (Å²) in [6.45, 7) is 5.29. The van der Waals surface area contributed by atoms with Crippen LogP contribution >= 0.6 is 15.9 Å². The molecule has 1 aromatic carbocycles. The molecule has 0 fully saturated rings. The van der Waals surface area contributed by atoms with Crippen molar-refractivity contribution in [3.8, 4) is 0 Å². The van der Waals surface area contributed by atoms with E-state index in [0.717, 1.165) is 30.0 Å². The van der Waals surface area contributed by atoms with Crippen molar-refractivity contribution in [2.24, 2.45) is 11.7 Å². The second-order valence-electron chi connectivity index (χ2n) is 5.74. The zero-order chi connectivity index (χ0) is 14.8. The van der Waals surface area contributed by atoms with Crippen molar-refractivity contribution in [2.45, 2.75) is 45.6 Å². The summed E-state index contributed by atoms with van der Waals surface area (Å²) in [5, 5.41) is 0. The number of benzene rings is 1. The first-order valence-corrected chi connectivity index (χ1v) is 8.58. The Bertz CT molecular complexity index is 362. The third-order valence-electron chi connectivity index (χ3n) is 3.77. The molecule has 114 valence electrons. The van der Waals surface area contributed by atoms with Gasteiger partial charge in [0.05, 0.1) is 0 Å². The smallest absolute Gasteiger partial charge is 0.0231 e. The van der Waals surface area contributed by atoms with E-state index in [1.165, 1.54) is 37.7 Å². The van der Waals surface area contributed by atoms with E-state index in [0.29, 0.717) is 0 Å². The lowest BCUT2D eigenvalue weighted by Crippen LogP contribution is -2.20. The van der Waals surface area contributed by atoms with Gasteiger partial charge in [-0.15, -0.1) is 0 Å². The standard InChI is InChI=1S/C17H29BrN2/c1-3-6-15(10-11-19)8-5-12-20(2)14-16-7-4-9-17(18)13-16/h4,7,9,13,15H,3,5-6,8,10-12,14,19H2,1-2H3. The first-order valence-electron chi connectivity index (χ1n) is 7.78. The zero-order valence-corrected chi connectivity index (χ0v) is 14.5. The molecular weight excluding hydrogens is 312 g/mol. The van der Waals surface area contributed by atoms with E-state index >= 15 is 0 Å². The number of rotatable bonds is 10. The molecule has 20 heavy (non-hydrogen) atoms. The quantitative estimate of drug-likeness (QED) is 0.682. The van der Waals surface area contributed by atoms with Crippen LogP contribution in [0.4, 0.5) is 0 Å². The van der Waals surface area contributed by atoms with Gasteiger partial charge in [0.1, 0.15) is 0 Å². The minimum Gasteiger partial charge on any atom is -0.330 e. The molecule has 1 rings (SSSR count). The summed E-state index contributed by atoms with van der Waals surface area (Å²) in [6, 6.07) is 8.57. The summed E-state index contributed by atoms with van der Waals surface area (Å²) >= 11 is 3.53. The third kappa shape index (κ3) is 7.41. The van der Waals surface area contributed by atoms with Gasteiger partial charge in [-0.05, 0) is 63.0 Å². The molecule has 3 heteroatoms. The predicted molar refractivity (Wildman–Crippen MR) is 91.8 cm³/mol. The number of halogens is 1. The van der Waals surface area contributed by atoms with E-state index in [9.17, 15) is 0 Å². The van der Waals surface area contributed by atoms with Crippen LogP contribution in [0.15, 0.2) is 28.7 Å². The van der Waals surface area contributed by atoms with E-state index in [2.05, 4.69) is 59.1 Å². The molecule has 1 atom stereocenters. The number of nitrogens with two attached hydrogens (primary N) is 1. The van der Waals surface area contributed by atoms with E-state index in [-0.39, 0.29) is 0 Å². The molecule has 0 aliphatic rings. The molecule has 0 radical (unpaired) electrons. The van der Waals surface area contributed by atoms with Crippen molar-refractivity contribution >= 4 is 15.9 Å². The van der Waals surface area contributed by atoms with E-state index < -0.39 is 0 Å². The Balaban J connectivity index is 2.26. The summed E-state index contributed by atoms with van der Waals surface area (Å²) in [7, 11) is 2.21. The van der Waals surface area contributed by atoms with E-state index in [4.69, 9.17) is 5.73 Å². The van der Waals surface area contributed by atoms with Gasteiger partial charge in [-0.1, -0.05) is 47.8 Å². The summed E-state index contributed by atoms with van der Waals surface area (Å²) in [6.07, 6.45) is 6.37. The second kappa shape index (κ2) is 10.4. The summed E-state index contributed by atoms with van der Waals surface area (Å²) in [5.74, 6) is 0.823. The summed E-state index contributed by atoms with van der Waals surface area (Å²) in [4.78, 5) is 2.41. The van der Waals surface area contributed by atoms with Crippen LogP contribution < -0.4 is 5.73 Å².